The fourth-order valence-electron chi connectivity index (χ4n) is 3.07. The zero-order chi connectivity index (χ0) is 19.2. The zero-order valence-corrected chi connectivity index (χ0v) is 14.9. The lowest BCUT2D eigenvalue weighted by atomic mass is 9.92. The molecule has 1 aromatic carbocycles. The van der Waals surface area contributed by atoms with Crippen LogP contribution in [0, 0.1) is 5.82 Å². The van der Waals surface area contributed by atoms with E-state index in [9.17, 15) is 14.0 Å². The number of rotatable bonds is 5. The van der Waals surface area contributed by atoms with Gasteiger partial charge in [-0.15, -0.1) is 0 Å². The Balaban J connectivity index is 1.54. The first kappa shape index (κ1) is 18.8. The van der Waals surface area contributed by atoms with Gasteiger partial charge in [0.1, 0.15) is 6.10 Å². The van der Waals surface area contributed by atoms with E-state index in [4.69, 9.17) is 9.47 Å². The normalized spacial score (nSPS) is 19.2. The number of amides is 1. The van der Waals surface area contributed by atoms with Gasteiger partial charge in [-0.3, -0.25) is 4.79 Å². The van der Waals surface area contributed by atoms with Gasteiger partial charge in [0.05, 0.1) is 30.6 Å². The highest BCUT2D eigenvalue weighted by molar-refractivity contribution is 6.05. The fraction of sp³-hybridized carbons (Fsp3) is 0.368. The molecule has 1 aromatic heterocycles. The largest absolute Gasteiger partial charge is 0.465 e. The number of hydrogen-bond donors (Lipinski definition) is 1. The van der Waals surface area contributed by atoms with Crippen LogP contribution in [0.1, 0.15) is 46.4 Å². The molecule has 142 valence electrons. The van der Waals surface area contributed by atoms with Crippen LogP contribution in [0.3, 0.4) is 0 Å². The first-order valence-electron chi connectivity index (χ1n) is 8.69. The lowest BCUT2D eigenvalue weighted by molar-refractivity contribution is 0.0595. The molecule has 0 unspecified atom stereocenters. The number of ether oxygens (including phenoxy) is 2. The minimum absolute atomic E-state index is 0.0165. The number of hydrogen-bond acceptors (Lipinski definition) is 6. The first-order chi connectivity index (χ1) is 13.1. The number of nitrogens with one attached hydrogen (secondary N) is 1. The Hall–Kier alpha value is -3.03. The molecule has 0 bridgehead atoms. The molecule has 1 heterocycles. The number of nitrogens with zero attached hydrogens (tertiary/aromatic N) is 2. The van der Waals surface area contributed by atoms with Crippen molar-refractivity contribution < 1.29 is 23.5 Å². The molecule has 8 heteroatoms. The molecule has 0 saturated heterocycles. The number of halogens is 1. The van der Waals surface area contributed by atoms with Crippen molar-refractivity contribution in [3.8, 4) is 6.01 Å². The maximum atomic E-state index is 12.8. The van der Waals surface area contributed by atoms with Gasteiger partial charge in [0.2, 0.25) is 0 Å². The van der Waals surface area contributed by atoms with Crippen molar-refractivity contribution in [2.45, 2.75) is 37.8 Å². The molecule has 1 saturated carbocycles. The van der Waals surface area contributed by atoms with E-state index in [-0.39, 0.29) is 29.6 Å². The topological polar surface area (TPSA) is 90.4 Å². The Morgan fingerprint density at radius 3 is 2.33 bits per heavy atom. The maximum Gasteiger partial charge on any atom is 0.338 e. The molecule has 1 amide bonds. The average Bonchev–Trinajstić information content (AvgIpc) is 2.70. The van der Waals surface area contributed by atoms with Gasteiger partial charge in [-0.1, -0.05) is 12.1 Å². The van der Waals surface area contributed by atoms with Crippen LogP contribution in [0.4, 0.5) is 4.39 Å². The molecule has 1 N–H and O–H groups in total. The van der Waals surface area contributed by atoms with E-state index < -0.39 is 11.8 Å². The summed E-state index contributed by atoms with van der Waals surface area (Å²) in [5, 5.41) is 2.96. The van der Waals surface area contributed by atoms with Gasteiger partial charge in [-0.25, -0.2) is 19.2 Å². The standard InChI is InChI=1S/C19H20FN3O4/c1-26-18(25)16-5-3-2-4-15(16)17(24)23-13-6-8-14(9-7-13)27-19-21-10-12(20)11-22-19/h2-5,10-11,13-14H,6-9H2,1H3,(H,23,24). The summed E-state index contributed by atoms with van der Waals surface area (Å²) in [5.41, 5.74) is 0.533. The molecular formula is C19H20FN3O4. The van der Waals surface area contributed by atoms with Gasteiger partial charge in [0.15, 0.2) is 5.82 Å². The van der Waals surface area contributed by atoms with Crippen LogP contribution in [-0.4, -0.2) is 41.1 Å². The molecule has 3 rings (SSSR count). The molecule has 0 atom stereocenters. The summed E-state index contributed by atoms with van der Waals surface area (Å²) in [7, 11) is 1.28. The third kappa shape index (κ3) is 4.78. The molecule has 0 aliphatic heterocycles. The van der Waals surface area contributed by atoms with Crippen LogP contribution in [0.2, 0.25) is 0 Å². The highest BCUT2D eigenvalue weighted by Gasteiger charge is 2.26. The van der Waals surface area contributed by atoms with Crippen LogP contribution in [-0.2, 0) is 4.74 Å². The number of methoxy groups -OCH3 is 1. The van der Waals surface area contributed by atoms with E-state index in [2.05, 4.69) is 15.3 Å². The Bertz CT molecular complexity index is 805. The number of carbonyl (C=O) groups is 2. The van der Waals surface area contributed by atoms with Crippen molar-refractivity contribution in [3.05, 3.63) is 53.6 Å². The Morgan fingerprint density at radius 1 is 1.07 bits per heavy atom. The molecule has 1 aliphatic rings. The Labute approximate surface area is 155 Å². The van der Waals surface area contributed by atoms with E-state index >= 15 is 0 Å². The van der Waals surface area contributed by atoms with Gasteiger partial charge >= 0.3 is 12.0 Å². The third-order valence-electron chi connectivity index (χ3n) is 4.46. The second-order valence-corrected chi connectivity index (χ2v) is 6.29. The molecular weight excluding hydrogens is 353 g/mol. The van der Waals surface area contributed by atoms with Crippen molar-refractivity contribution in [3.63, 3.8) is 0 Å². The minimum atomic E-state index is -0.544. The van der Waals surface area contributed by atoms with Gasteiger partial charge in [-0.2, -0.15) is 0 Å². The second-order valence-electron chi connectivity index (χ2n) is 6.29. The van der Waals surface area contributed by atoms with E-state index in [0.717, 1.165) is 25.2 Å². The number of benzene rings is 1. The molecule has 0 radical (unpaired) electrons. The van der Waals surface area contributed by atoms with E-state index in [1.165, 1.54) is 7.11 Å². The minimum Gasteiger partial charge on any atom is -0.465 e. The van der Waals surface area contributed by atoms with Gasteiger partial charge in [0, 0.05) is 6.04 Å². The summed E-state index contributed by atoms with van der Waals surface area (Å²) in [6.07, 6.45) is 4.91. The molecule has 0 spiro atoms. The van der Waals surface area contributed by atoms with Crippen molar-refractivity contribution >= 4 is 11.9 Å². The summed E-state index contributed by atoms with van der Waals surface area (Å²) in [6, 6.07) is 6.68. The number of esters is 1. The Morgan fingerprint density at radius 2 is 1.70 bits per heavy atom. The quantitative estimate of drug-likeness (QED) is 0.810. The van der Waals surface area contributed by atoms with Gasteiger partial charge in [0.25, 0.3) is 5.91 Å². The van der Waals surface area contributed by atoms with Crippen LogP contribution in [0.15, 0.2) is 36.7 Å². The molecule has 1 fully saturated rings. The first-order valence-corrected chi connectivity index (χ1v) is 8.69. The van der Waals surface area contributed by atoms with Crippen molar-refractivity contribution in [1.82, 2.24) is 15.3 Å². The van der Waals surface area contributed by atoms with Crippen molar-refractivity contribution in [1.29, 1.82) is 0 Å². The third-order valence-corrected chi connectivity index (χ3v) is 4.46. The fourth-order valence-corrected chi connectivity index (χ4v) is 3.07. The highest BCUT2D eigenvalue weighted by Crippen LogP contribution is 2.23. The highest BCUT2D eigenvalue weighted by atomic mass is 19.1. The predicted molar refractivity (Wildman–Crippen MR) is 93.9 cm³/mol. The molecule has 2 aromatic rings. The van der Waals surface area contributed by atoms with Gasteiger partial charge < -0.3 is 14.8 Å². The summed E-state index contributed by atoms with van der Waals surface area (Å²) >= 11 is 0. The number of aromatic nitrogens is 2. The van der Waals surface area contributed by atoms with E-state index in [0.29, 0.717) is 18.4 Å². The van der Waals surface area contributed by atoms with E-state index in [1.807, 2.05) is 0 Å². The van der Waals surface area contributed by atoms with Crippen molar-refractivity contribution in [2.75, 3.05) is 7.11 Å². The maximum absolute atomic E-state index is 12.8. The summed E-state index contributed by atoms with van der Waals surface area (Å²) in [5.74, 6) is -1.36. The van der Waals surface area contributed by atoms with E-state index in [1.54, 1.807) is 24.3 Å². The van der Waals surface area contributed by atoms with Crippen LogP contribution in [0.5, 0.6) is 6.01 Å². The average molecular weight is 373 g/mol. The molecule has 7 nitrogen and oxygen atoms in total. The second kappa shape index (κ2) is 8.57. The monoisotopic (exact) mass is 373 g/mol. The van der Waals surface area contributed by atoms with Crippen LogP contribution in [0.25, 0.3) is 0 Å². The SMILES string of the molecule is COC(=O)c1ccccc1C(=O)NC1CCC(Oc2ncc(F)cn2)CC1. The van der Waals surface area contributed by atoms with Gasteiger partial charge in [-0.05, 0) is 37.8 Å². The summed E-state index contributed by atoms with van der Waals surface area (Å²) < 4.78 is 23.2. The zero-order valence-electron chi connectivity index (χ0n) is 14.9. The molecule has 27 heavy (non-hydrogen) atoms. The van der Waals surface area contributed by atoms with Crippen LogP contribution >= 0.6 is 0 Å². The molecule has 1 aliphatic carbocycles. The lowest BCUT2D eigenvalue weighted by Gasteiger charge is -2.29. The summed E-state index contributed by atoms with van der Waals surface area (Å²) in [6.45, 7) is 0. The van der Waals surface area contributed by atoms with Crippen LogP contribution < -0.4 is 10.1 Å². The lowest BCUT2D eigenvalue weighted by Crippen LogP contribution is -2.40. The smallest absolute Gasteiger partial charge is 0.338 e. The summed E-state index contributed by atoms with van der Waals surface area (Å²) in [4.78, 5) is 32.0. The van der Waals surface area contributed by atoms with Crippen molar-refractivity contribution in [2.24, 2.45) is 0 Å². The Kier molecular flexibility index (Phi) is 5.95. The predicted octanol–water partition coefficient (Wildman–Crippen LogP) is 2.52. The number of carbonyl (C=O) groups excluding carboxylic acids is 2.